The fraction of sp³-hybridized carbons (Fsp3) is 0.929. The summed E-state index contributed by atoms with van der Waals surface area (Å²) in [5, 5.41) is 27.6. The summed E-state index contributed by atoms with van der Waals surface area (Å²) in [5.74, 6) is -0.873. The Hall–Kier alpha value is -0.665. The first-order valence-corrected chi connectivity index (χ1v) is 8.10. The van der Waals surface area contributed by atoms with Gasteiger partial charge in [0, 0.05) is 25.6 Å². The van der Waals surface area contributed by atoms with Crippen molar-refractivity contribution in [1.29, 1.82) is 0 Å². The maximum Gasteiger partial charge on any atom is 0.451 e. The van der Waals surface area contributed by atoms with Gasteiger partial charge in [0.25, 0.3) is 0 Å². The van der Waals surface area contributed by atoms with Gasteiger partial charge >= 0.3 is 13.1 Å². The molecule has 0 aromatic carbocycles. The molecular formula is C14H27BN2O5. The third kappa shape index (κ3) is 4.42. The van der Waals surface area contributed by atoms with E-state index in [0.29, 0.717) is 32.6 Å². The van der Waals surface area contributed by atoms with Crippen molar-refractivity contribution < 1.29 is 24.7 Å². The second-order valence-corrected chi connectivity index (χ2v) is 6.66. The van der Waals surface area contributed by atoms with Crippen LogP contribution in [0.2, 0.25) is 6.32 Å². The molecule has 1 saturated heterocycles. The van der Waals surface area contributed by atoms with E-state index >= 15 is 0 Å². The topological polar surface area (TPSA) is 116 Å². The number of hydrogen-bond acceptors (Lipinski definition) is 6. The van der Waals surface area contributed by atoms with Gasteiger partial charge in [0.05, 0.1) is 13.2 Å². The predicted molar refractivity (Wildman–Crippen MR) is 82.3 cm³/mol. The highest BCUT2D eigenvalue weighted by Gasteiger charge is 2.47. The largest absolute Gasteiger partial charge is 0.480 e. The molecule has 2 rings (SSSR count). The first-order valence-electron chi connectivity index (χ1n) is 8.10. The molecule has 126 valence electrons. The molecular weight excluding hydrogens is 287 g/mol. The lowest BCUT2D eigenvalue weighted by atomic mass is 9.66. The summed E-state index contributed by atoms with van der Waals surface area (Å²) in [4.78, 5) is 14.0. The van der Waals surface area contributed by atoms with Crippen molar-refractivity contribution >= 4 is 13.1 Å². The molecule has 1 aliphatic heterocycles. The quantitative estimate of drug-likeness (QED) is 0.483. The number of carbonyl (C=O) groups is 1. The number of ether oxygens (including phenoxy) is 1. The molecule has 3 unspecified atom stereocenters. The molecule has 2 aliphatic rings. The Morgan fingerprint density at radius 3 is 2.59 bits per heavy atom. The van der Waals surface area contributed by atoms with E-state index in [4.69, 9.17) is 20.5 Å². The Kier molecular flexibility index (Phi) is 6.22. The first-order chi connectivity index (χ1) is 10.4. The fourth-order valence-electron chi connectivity index (χ4n) is 3.68. The standard InChI is InChI=1S/C14H27BN2O5/c16-14(13(18)19)9-11(3-4-15(20)21)1-2-12(14)10-17-5-7-22-8-6-17/h11-12,20-21H,1-10,16H2,(H,18,19). The summed E-state index contributed by atoms with van der Waals surface area (Å²) >= 11 is 0. The van der Waals surface area contributed by atoms with E-state index in [1.165, 1.54) is 0 Å². The van der Waals surface area contributed by atoms with Gasteiger partial charge in [-0.1, -0.05) is 6.42 Å². The fourth-order valence-corrected chi connectivity index (χ4v) is 3.68. The molecule has 0 bridgehead atoms. The van der Waals surface area contributed by atoms with E-state index < -0.39 is 18.6 Å². The predicted octanol–water partition coefficient (Wildman–Crippen LogP) is -0.620. The highest BCUT2D eigenvalue weighted by atomic mass is 16.5. The van der Waals surface area contributed by atoms with Crippen LogP contribution in [0.1, 0.15) is 25.7 Å². The summed E-state index contributed by atoms with van der Waals surface area (Å²) in [5.41, 5.74) is 5.06. The van der Waals surface area contributed by atoms with E-state index in [2.05, 4.69) is 4.90 Å². The van der Waals surface area contributed by atoms with Gasteiger partial charge in [-0.2, -0.15) is 0 Å². The average molecular weight is 314 g/mol. The maximum absolute atomic E-state index is 11.7. The van der Waals surface area contributed by atoms with Crippen molar-refractivity contribution in [3.63, 3.8) is 0 Å². The normalized spacial score (nSPS) is 33.6. The molecule has 0 aromatic rings. The number of rotatable bonds is 6. The Bertz CT molecular complexity index is 378. The second-order valence-electron chi connectivity index (χ2n) is 6.66. The monoisotopic (exact) mass is 314 g/mol. The minimum Gasteiger partial charge on any atom is -0.480 e. The Morgan fingerprint density at radius 2 is 2.00 bits per heavy atom. The van der Waals surface area contributed by atoms with Crippen LogP contribution in [0.25, 0.3) is 0 Å². The van der Waals surface area contributed by atoms with Crippen molar-refractivity contribution in [2.75, 3.05) is 32.8 Å². The van der Waals surface area contributed by atoms with E-state index in [9.17, 15) is 9.90 Å². The van der Waals surface area contributed by atoms with Gasteiger partial charge in [-0.25, -0.2) is 0 Å². The van der Waals surface area contributed by atoms with Crippen molar-refractivity contribution in [3.8, 4) is 0 Å². The van der Waals surface area contributed by atoms with E-state index in [-0.39, 0.29) is 18.2 Å². The Balaban J connectivity index is 1.96. The van der Waals surface area contributed by atoms with Crippen LogP contribution >= 0.6 is 0 Å². The van der Waals surface area contributed by atoms with Crippen LogP contribution in [0.5, 0.6) is 0 Å². The summed E-state index contributed by atoms with van der Waals surface area (Å²) in [6.45, 7) is 3.73. The summed E-state index contributed by atoms with van der Waals surface area (Å²) in [6.07, 6.45) is 2.95. The molecule has 1 heterocycles. The highest BCUT2D eigenvalue weighted by molar-refractivity contribution is 6.40. The van der Waals surface area contributed by atoms with Gasteiger partial charge in [-0.05, 0) is 31.5 Å². The maximum atomic E-state index is 11.7. The third-order valence-corrected chi connectivity index (χ3v) is 5.09. The summed E-state index contributed by atoms with van der Waals surface area (Å²) < 4.78 is 5.32. The number of hydrogen-bond donors (Lipinski definition) is 4. The van der Waals surface area contributed by atoms with Gasteiger partial charge in [0.15, 0.2) is 0 Å². The molecule has 0 aromatic heterocycles. The van der Waals surface area contributed by atoms with E-state index in [0.717, 1.165) is 25.9 Å². The third-order valence-electron chi connectivity index (χ3n) is 5.09. The number of carboxylic acid groups (broad SMARTS) is 1. The lowest BCUT2D eigenvalue weighted by molar-refractivity contribution is -0.148. The van der Waals surface area contributed by atoms with Crippen LogP contribution in [0.15, 0.2) is 0 Å². The first kappa shape index (κ1) is 17.7. The smallest absolute Gasteiger partial charge is 0.451 e. The van der Waals surface area contributed by atoms with Crippen LogP contribution in [-0.4, -0.2) is 71.5 Å². The molecule has 0 spiro atoms. The van der Waals surface area contributed by atoms with Crippen LogP contribution < -0.4 is 5.73 Å². The molecule has 22 heavy (non-hydrogen) atoms. The van der Waals surface area contributed by atoms with E-state index in [1.54, 1.807) is 0 Å². The van der Waals surface area contributed by atoms with Crippen molar-refractivity contribution in [1.82, 2.24) is 4.90 Å². The van der Waals surface area contributed by atoms with E-state index in [1.807, 2.05) is 0 Å². The minimum absolute atomic E-state index is 0.0709. The second kappa shape index (κ2) is 7.74. The van der Waals surface area contributed by atoms with Crippen LogP contribution in [0.4, 0.5) is 0 Å². The zero-order valence-corrected chi connectivity index (χ0v) is 13.0. The van der Waals surface area contributed by atoms with Crippen LogP contribution in [0.3, 0.4) is 0 Å². The van der Waals surface area contributed by atoms with Gasteiger partial charge in [0.2, 0.25) is 0 Å². The zero-order chi connectivity index (χ0) is 16.2. The average Bonchev–Trinajstić information content (AvgIpc) is 2.48. The van der Waals surface area contributed by atoms with Crippen LogP contribution in [0, 0.1) is 11.8 Å². The van der Waals surface area contributed by atoms with Gasteiger partial charge in [-0.3, -0.25) is 9.69 Å². The molecule has 0 amide bonds. The number of carboxylic acids is 1. The summed E-state index contributed by atoms with van der Waals surface area (Å²) in [7, 11) is -1.33. The lowest BCUT2D eigenvalue weighted by Gasteiger charge is -2.44. The molecule has 1 saturated carbocycles. The number of nitrogens with zero attached hydrogens (tertiary/aromatic N) is 1. The Labute approximate surface area is 131 Å². The van der Waals surface area contributed by atoms with Crippen molar-refractivity contribution in [2.24, 2.45) is 17.6 Å². The molecule has 3 atom stereocenters. The molecule has 7 nitrogen and oxygen atoms in total. The number of aliphatic carboxylic acids is 1. The molecule has 0 radical (unpaired) electrons. The molecule has 8 heteroatoms. The zero-order valence-electron chi connectivity index (χ0n) is 13.0. The Morgan fingerprint density at radius 1 is 1.32 bits per heavy atom. The summed E-state index contributed by atoms with van der Waals surface area (Å²) in [6, 6.07) is 0. The lowest BCUT2D eigenvalue weighted by Crippen LogP contribution is -2.60. The molecule has 1 aliphatic carbocycles. The molecule has 2 fully saturated rings. The minimum atomic E-state index is -1.33. The number of nitrogens with two attached hydrogens (primary N) is 1. The van der Waals surface area contributed by atoms with Crippen LogP contribution in [-0.2, 0) is 9.53 Å². The van der Waals surface area contributed by atoms with Crippen molar-refractivity contribution in [2.45, 2.75) is 37.5 Å². The van der Waals surface area contributed by atoms with Gasteiger partial charge in [0.1, 0.15) is 5.54 Å². The van der Waals surface area contributed by atoms with Gasteiger partial charge in [-0.15, -0.1) is 0 Å². The SMILES string of the molecule is NC1(C(=O)O)CC(CCB(O)O)CCC1CN1CCOCC1. The number of morpholine rings is 1. The highest BCUT2D eigenvalue weighted by Crippen LogP contribution is 2.38. The van der Waals surface area contributed by atoms with Gasteiger partial charge < -0.3 is 25.6 Å². The van der Waals surface area contributed by atoms with Crippen molar-refractivity contribution in [3.05, 3.63) is 0 Å². The molecule has 5 N–H and O–H groups in total.